The summed E-state index contributed by atoms with van der Waals surface area (Å²) in [5.41, 5.74) is 1.13. The molecule has 6 heteroatoms. The molecule has 2 aromatic heterocycles. The minimum absolute atomic E-state index is 0.115. The van der Waals surface area contributed by atoms with E-state index in [2.05, 4.69) is 4.98 Å². The molecule has 0 aromatic carbocycles. The molecule has 18 heavy (non-hydrogen) atoms. The van der Waals surface area contributed by atoms with Crippen LogP contribution in [-0.4, -0.2) is 38.8 Å². The third kappa shape index (κ3) is 2.13. The number of pyridine rings is 1. The Bertz CT molecular complexity index is 625. The third-order valence-corrected chi connectivity index (χ3v) is 2.83. The predicted molar refractivity (Wildman–Crippen MR) is 63.8 cm³/mol. The molecular weight excluding hydrogens is 234 g/mol. The normalized spacial score (nSPS) is 20.6. The lowest BCUT2D eigenvalue weighted by Gasteiger charge is -2.12. The van der Waals surface area contributed by atoms with Crippen LogP contribution in [0, 0.1) is 0 Å². The monoisotopic (exact) mass is 247 g/mol. The molecule has 0 radical (unpaired) electrons. The van der Waals surface area contributed by atoms with E-state index >= 15 is 0 Å². The molecule has 1 N–H and O–H groups in total. The zero-order valence-corrected chi connectivity index (χ0v) is 9.69. The lowest BCUT2D eigenvalue weighted by atomic mass is 10.3. The number of β-amino-alcohol motifs (C(OH)–C–C–N with tert-alkyl or cyclic N) is 1. The summed E-state index contributed by atoms with van der Waals surface area (Å²) < 4.78 is 1.49. The molecule has 0 aliphatic carbocycles. The van der Waals surface area contributed by atoms with Crippen molar-refractivity contribution in [1.29, 1.82) is 0 Å². The maximum Gasteiger partial charge on any atom is 0.258 e. The summed E-state index contributed by atoms with van der Waals surface area (Å²) in [6.45, 7) is 1.14. The van der Waals surface area contributed by atoms with Crippen LogP contribution in [0.3, 0.4) is 0 Å². The largest absolute Gasteiger partial charge is 0.389 e. The SMILES string of the molecule is O=c1cc(CN2C[C@@H](O)CO2)nc2ccccn12. The molecule has 0 spiro atoms. The fraction of sp³-hybridized carbons (Fsp3) is 0.333. The molecule has 1 aliphatic rings. The summed E-state index contributed by atoms with van der Waals surface area (Å²) >= 11 is 0. The van der Waals surface area contributed by atoms with E-state index in [0.717, 1.165) is 0 Å². The van der Waals surface area contributed by atoms with Crippen LogP contribution >= 0.6 is 0 Å². The van der Waals surface area contributed by atoms with Crippen LogP contribution in [0.5, 0.6) is 0 Å². The fourth-order valence-corrected chi connectivity index (χ4v) is 2.01. The lowest BCUT2D eigenvalue weighted by Crippen LogP contribution is -2.23. The van der Waals surface area contributed by atoms with Crippen LogP contribution < -0.4 is 5.56 Å². The van der Waals surface area contributed by atoms with Gasteiger partial charge in [-0.25, -0.2) is 4.98 Å². The summed E-state index contributed by atoms with van der Waals surface area (Å²) in [5, 5.41) is 11.0. The van der Waals surface area contributed by atoms with Gasteiger partial charge in [0.15, 0.2) is 0 Å². The number of rotatable bonds is 2. The average Bonchev–Trinajstić information content (AvgIpc) is 2.75. The van der Waals surface area contributed by atoms with Crippen molar-refractivity contribution in [2.45, 2.75) is 12.6 Å². The van der Waals surface area contributed by atoms with E-state index in [0.29, 0.717) is 31.0 Å². The highest BCUT2D eigenvalue weighted by atomic mass is 16.7. The van der Waals surface area contributed by atoms with E-state index < -0.39 is 6.10 Å². The fourth-order valence-electron chi connectivity index (χ4n) is 2.01. The predicted octanol–water partition coefficient (Wildman–Crippen LogP) is -0.197. The number of aliphatic hydroxyl groups excluding tert-OH is 1. The van der Waals surface area contributed by atoms with E-state index in [4.69, 9.17) is 4.84 Å². The molecule has 0 amide bonds. The van der Waals surface area contributed by atoms with Gasteiger partial charge in [-0.3, -0.25) is 14.0 Å². The van der Waals surface area contributed by atoms with Crippen molar-refractivity contribution < 1.29 is 9.94 Å². The first-order chi connectivity index (χ1) is 8.72. The maximum atomic E-state index is 11.9. The van der Waals surface area contributed by atoms with Crippen LogP contribution in [0.15, 0.2) is 35.3 Å². The Kier molecular flexibility index (Phi) is 2.83. The zero-order chi connectivity index (χ0) is 12.5. The molecule has 0 saturated carbocycles. The number of aliphatic hydroxyl groups is 1. The summed E-state index contributed by atoms with van der Waals surface area (Å²) in [7, 11) is 0. The number of nitrogens with zero attached hydrogens (tertiary/aromatic N) is 3. The summed E-state index contributed by atoms with van der Waals surface area (Å²) in [4.78, 5) is 21.5. The van der Waals surface area contributed by atoms with E-state index in [1.54, 1.807) is 23.4 Å². The minimum Gasteiger partial charge on any atom is -0.389 e. The van der Waals surface area contributed by atoms with Gasteiger partial charge in [0.25, 0.3) is 5.56 Å². The van der Waals surface area contributed by atoms with Crippen molar-refractivity contribution in [3.63, 3.8) is 0 Å². The first kappa shape index (κ1) is 11.3. The Balaban J connectivity index is 1.91. The van der Waals surface area contributed by atoms with Gasteiger partial charge in [-0.2, -0.15) is 5.06 Å². The molecule has 1 atom stereocenters. The number of hydroxylamine groups is 2. The van der Waals surface area contributed by atoms with E-state index in [9.17, 15) is 9.90 Å². The number of fused-ring (bicyclic) bond motifs is 1. The lowest BCUT2D eigenvalue weighted by molar-refractivity contribution is -0.118. The number of hydrogen-bond donors (Lipinski definition) is 1. The van der Waals surface area contributed by atoms with Crippen molar-refractivity contribution in [1.82, 2.24) is 14.4 Å². The van der Waals surface area contributed by atoms with Crippen LogP contribution in [0.2, 0.25) is 0 Å². The molecule has 0 unspecified atom stereocenters. The molecule has 1 fully saturated rings. The zero-order valence-electron chi connectivity index (χ0n) is 9.69. The Morgan fingerprint density at radius 3 is 3.17 bits per heavy atom. The van der Waals surface area contributed by atoms with Crippen molar-refractivity contribution in [3.05, 3.63) is 46.5 Å². The maximum absolute atomic E-state index is 11.9. The molecule has 2 aromatic rings. The van der Waals surface area contributed by atoms with Crippen molar-refractivity contribution in [2.24, 2.45) is 0 Å². The van der Waals surface area contributed by atoms with Crippen LogP contribution in [-0.2, 0) is 11.4 Å². The van der Waals surface area contributed by atoms with Crippen molar-refractivity contribution >= 4 is 5.65 Å². The van der Waals surface area contributed by atoms with Gasteiger partial charge in [-0.1, -0.05) is 6.07 Å². The molecule has 1 aliphatic heterocycles. The Morgan fingerprint density at radius 1 is 1.50 bits per heavy atom. The first-order valence-corrected chi connectivity index (χ1v) is 5.75. The highest BCUT2D eigenvalue weighted by Crippen LogP contribution is 2.09. The van der Waals surface area contributed by atoms with Gasteiger partial charge < -0.3 is 5.11 Å². The van der Waals surface area contributed by atoms with E-state index in [-0.39, 0.29) is 5.56 Å². The van der Waals surface area contributed by atoms with Gasteiger partial charge in [-0.05, 0) is 12.1 Å². The Morgan fingerprint density at radius 2 is 2.39 bits per heavy atom. The van der Waals surface area contributed by atoms with Crippen molar-refractivity contribution in [2.75, 3.05) is 13.2 Å². The van der Waals surface area contributed by atoms with Gasteiger partial charge in [0, 0.05) is 12.3 Å². The van der Waals surface area contributed by atoms with Gasteiger partial charge in [0.05, 0.1) is 31.5 Å². The molecule has 94 valence electrons. The molecule has 3 heterocycles. The number of hydrogen-bond acceptors (Lipinski definition) is 5. The second kappa shape index (κ2) is 4.49. The van der Waals surface area contributed by atoms with Gasteiger partial charge in [0.2, 0.25) is 0 Å². The molecule has 6 nitrogen and oxygen atoms in total. The Labute approximate surface area is 103 Å². The molecule has 1 saturated heterocycles. The first-order valence-electron chi connectivity index (χ1n) is 5.75. The Hall–Kier alpha value is -1.76. The second-order valence-corrected chi connectivity index (χ2v) is 4.29. The van der Waals surface area contributed by atoms with Gasteiger partial charge in [0.1, 0.15) is 5.65 Å². The number of aromatic nitrogens is 2. The second-order valence-electron chi connectivity index (χ2n) is 4.29. The quantitative estimate of drug-likeness (QED) is 0.796. The summed E-state index contributed by atoms with van der Waals surface area (Å²) in [6, 6.07) is 6.89. The van der Waals surface area contributed by atoms with Crippen molar-refractivity contribution in [3.8, 4) is 0 Å². The van der Waals surface area contributed by atoms with E-state index in [1.165, 1.54) is 10.5 Å². The highest BCUT2D eigenvalue weighted by Gasteiger charge is 2.21. The van der Waals surface area contributed by atoms with Crippen LogP contribution in [0.25, 0.3) is 5.65 Å². The molecule has 3 rings (SSSR count). The summed E-state index contributed by atoms with van der Waals surface area (Å²) in [6.07, 6.45) is 1.22. The van der Waals surface area contributed by atoms with Crippen LogP contribution in [0.4, 0.5) is 0 Å². The molecule has 0 bridgehead atoms. The smallest absolute Gasteiger partial charge is 0.258 e. The minimum atomic E-state index is -0.466. The van der Waals surface area contributed by atoms with Crippen LogP contribution in [0.1, 0.15) is 5.69 Å². The van der Waals surface area contributed by atoms with Gasteiger partial charge in [-0.15, -0.1) is 0 Å². The average molecular weight is 247 g/mol. The van der Waals surface area contributed by atoms with Gasteiger partial charge >= 0.3 is 0 Å². The molecular formula is C12H13N3O3. The standard InChI is InChI=1S/C12H13N3O3/c16-10-7-14(18-8-10)6-9-5-12(17)15-4-2-1-3-11(15)13-9/h1-5,10,16H,6-8H2/t10-/m1/s1. The third-order valence-electron chi connectivity index (χ3n) is 2.83. The highest BCUT2D eigenvalue weighted by molar-refractivity contribution is 5.37. The van der Waals surface area contributed by atoms with E-state index in [1.807, 2.05) is 6.07 Å². The summed E-state index contributed by atoms with van der Waals surface area (Å²) in [5.74, 6) is 0. The topological polar surface area (TPSA) is 67.1 Å².